The lowest BCUT2D eigenvalue weighted by molar-refractivity contribution is 0.271. The minimum atomic E-state index is 0.124. The standard InChI is InChI=1S/C5H15N3/c1-5(7)8(2)4-3-6/h5H,3-4,6-7H2,1-2H3. The first-order valence-corrected chi connectivity index (χ1v) is 2.84. The molecule has 0 saturated heterocycles. The van der Waals surface area contributed by atoms with E-state index < -0.39 is 0 Å². The van der Waals surface area contributed by atoms with Gasteiger partial charge in [-0.2, -0.15) is 0 Å². The topological polar surface area (TPSA) is 55.3 Å². The maximum absolute atomic E-state index is 5.49. The van der Waals surface area contributed by atoms with Crippen molar-refractivity contribution in [1.29, 1.82) is 0 Å². The van der Waals surface area contributed by atoms with Crippen molar-refractivity contribution in [3.63, 3.8) is 0 Å². The van der Waals surface area contributed by atoms with Gasteiger partial charge in [-0.15, -0.1) is 0 Å². The maximum Gasteiger partial charge on any atom is 0.0540 e. The average molecular weight is 117 g/mol. The van der Waals surface area contributed by atoms with E-state index in [1.165, 1.54) is 0 Å². The van der Waals surface area contributed by atoms with Crippen LogP contribution in [0.25, 0.3) is 0 Å². The highest BCUT2D eigenvalue weighted by Crippen LogP contribution is 1.82. The summed E-state index contributed by atoms with van der Waals surface area (Å²) in [4.78, 5) is 2.00. The average Bonchev–Trinajstić information content (AvgIpc) is 1.67. The zero-order valence-electron chi connectivity index (χ0n) is 5.59. The van der Waals surface area contributed by atoms with E-state index in [0.717, 1.165) is 6.54 Å². The molecule has 0 bridgehead atoms. The Labute approximate surface area is 50.6 Å². The quantitative estimate of drug-likeness (QED) is 0.475. The number of nitrogens with zero attached hydrogens (tertiary/aromatic N) is 1. The van der Waals surface area contributed by atoms with Crippen molar-refractivity contribution in [2.24, 2.45) is 11.5 Å². The van der Waals surface area contributed by atoms with Crippen LogP contribution in [0.5, 0.6) is 0 Å². The molecule has 8 heavy (non-hydrogen) atoms. The molecule has 0 rings (SSSR count). The molecule has 1 atom stereocenters. The van der Waals surface area contributed by atoms with E-state index in [-0.39, 0.29) is 6.17 Å². The van der Waals surface area contributed by atoms with E-state index in [4.69, 9.17) is 11.5 Å². The summed E-state index contributed by atoms with van der Waals surface area (Å²) in [6.07, 6.45) is 0.124. The third-order valence-corrected chi connectivity index (χ3v) is 1.18. The Balaban J connectivity index is 3.17. The Kier molecular flexibility index (Phi) is 3.77. The molecular weight excluding hydrogens is 102 g/mol. The van der Waals surface area contributed by atoms with E-state index >= 15 is 0 Å². The molecule has 3 heteroatoms. The van der Waals surface area contributed by atoms with Crippen LogP contribution in [0.15, 0.2) is 0 Å². The summed E-state index contributed by atoms with van der Waals surface area (Å²) in [5.74, 6) is 0. The lowest BCUT2D eigenvalue weighted by Crippen LogP contribution is -2.39. The van der Waals surface area contributed by atoms with Crippen LogP contribution < -0.4 is 11.5 Å². The van der Waals surface area contributed by atoms with Crippen molar-refractivity contribution in [3.05, 3.63) is 0 Å². The molecule has 0 amide bonds. The van der Waals surface area contributed by atoms with Gasteiger partial charge in [0.1, 0.15) is 0 Å². The maximum atomic E-state index is 5.49. The van der Waals surface area contributed by atoms with Crippen LogP contribution in [0.1, 0.15) is 6.92 Å². The third-order valence-electron chi connectivity index (χ3n) is 1.18. The van der Waals surface area contributed by atoms with Crippen molar-refractivity contribution in [3.8, 4) is 0 Å². The van der Waals surface area contributed by atoms with E-state index in [1.54, 1.807) is 0 Å². The van der Waals surface area contributed by atoms with Gasteiger partial charge < -0.3 is 11.5 Å². The van der Waals surface area contributed by atoms with Gasteiger partial charge in [-0.05, 0) is 14.0 Å². The Hall–Kier alpha value is -0.120. The summed E-state index contributed by atoms with van der Waals surface area (Å²) in [6, 6.07) is 0. The Morgan fingerprint density at radius 2 is 2.12 bits per heavy atom. The molecule has 0 heterocycles. The molecule has 0 aromatic heterocycles. The lowest BCUT2D eigenvalue weighted by Gasteiger charge is -2.18. The molecule has 0 aliphatic rings. The van der Waals surface area contributed by atoms with Gasteiger partial charge in [-0.3, -0.25) is 4.90 Å². The predicted octanol–water partition coefficient (Wildman–Crippen LogP) is -0.818. The van der Waals surface area contributed by atoms with Gasteiger partial charge in [0.05, 0.1) is 6.17 Å². The van der Waals surface area contributed by atoms with Gasteiger partial charge in [-0.25, -0.2) is 0 Å². The molecule has 0 aliphatic heterocycles. The number of nitrogens with two attached hydrogens (primary N) is 2. The molecular formula is C5H15N3. The SMILES string of the molecule is CC(N)N(C)CCN. The second kappa shape index (κ2) is 3.83. The van der Waals surface area contributed by atoms with Crippen molar-refractivity contribution in [2.75, 3.05) is 20.1 Å². The molecule has 0 aromatic rings. The van der Waals surface area contributed by atoms with Crippen LogP contribution in [0.4, 0.5) is 0 Å². The lowest BCUT2D eigenvalue weighted by atomic mass is 10.5. The summed E-state index contributed by atoms with van der Waals surface area (Å²) < 4.78 is 0. The van der Waals surface area contributed by atoms with Crippen LogP contribution in [0.2, 0.25) is 0 Å². The summed E-state index contributed by atoms with van der Waals surface area (Å²) in [5.41, 5.74) is 10.8. The number of likely N-dealkylation sites (N-methyl/N-ethyl adjacent to an activating group) is 1. The van der Waals surface area contributed by atoms with Gasteiger partial charge in [0.2, 0.25) is 0 Å². The Bertz CT molecular complexity index is 53.6. The van der Waals surface area contributed by atoms with Gasteiger partial charge in [0, 0.05) is 13.1 Å². The molecule has 4 N–H and O–H groups in total. The van der Waals surface area contributed by atoms with Crippen LogP contribution in [0.3, 0.4) is 0 Å². The van der Waals surface area contributed by atoms with E-state index in [0.29, 0.717) is 6.54 Å². The highest BCUT2D eigenvalue weighted by Gasteiger charge is 1.98. The molecule has 50 valence electrons. The zero-order chi connectivity index (χ0) is 6.57. The highest BCUT2D eigenvalue weighted by molar-refractivity contribution is 4.53. The first-order chi connectivity index (χ1) is 3.68. The molecule has 3 nitrogen and oxygen atoms in total. The monoisotopic (exact) mass is 117 g/mol. The molecule has 0 saturated carbocycles. The minimum Gasteiger partial charge on any atom is -0.329 e. The molecule has 0 fully saturated rings. The second-order valence-electron chi connectivity index (χ2n) is 2.01. The fourth-order valence-corrected chi connectivity index (χ4v) is 0.407. The van der Waals surface area contributed by atoms with Crippen LogP contribution in [-0.4, -0.2) is 31.2 Å². The number of rotatable bonds is 3. The first kappa shape index (κ1) is 7.88. The van der Waals surface area contributed by atoms with Crippen molar-refractivity contribution in [1.82, 2.24) is 4.90 Å². The molecule has 0 aromatic carbocycles. The van der Waals surface area contributed by atoms with Crippen LogP contribution >= 0.6 is 0 Å². The van der Waals surface area contributed by atoms with E-state index in [9.17, 15) is 0 Å². The fraction of sp³-hybridized carbons (Fsp3) is 1.00. The molecule has 0 aliphatic carbocycles. The van der Waals surface area contributed by atoms with Gasteiger partial charge in [0.25, 0.3) is 0 Å². The summed E-state index contributed by atoms with van der Waals surface area (Å²) in [7, 11) is 1.96. The zero-order valence-corrected chi connectivity index (χ0v) is 5.59. The third kappa shape index (κ3) is 2.96. The Morgan fingerprint density at radius 1 is 1.62 bits per heavy atom. The highest BCUT2D eigenvalue weighted by atomic mass is 15.2. The second-order valence-corrected chi connectivity index (χ2v) is 2.01. The number of hydrogen-bond acceptors (Lipinski definition) is 3. The summed E-state index contributed by atoms with van der Waals surface area (Å²) >= 11 is 0. The normalized spacial score (nSPS) is 14.6. The van der Waals surface area contributed by atoms with Gasteiger partial charge in [-0.1, -0.05) is 0 Å². The Morgan fingerprint density at radius 3 is 2.25 bits per heavy atom. The van der Waals surface area contributed by atoms with Crippen molar-refractivity contribution in [2.45, 2.75) is 13.1 Å². The summed E-state index contributed by atoms with van der Waals surface area (Å²) in [6.45, 7) is 3.49. The summed E-state index contributed by atoms with van der Waals surface area (Å²) in [5, 5.41) is 0. The number of hydrogen-bond donors (Lipinski definition) is 2. The molecule has 1 unspecified atom stereocenters. The van der Waals surface area contributed by atoms with Gasteiger partial charge >= 0.3 is 0 Å². The largest absolute Gasteiger partial charge is 0.329 e. The van der Waals surface area contributed by atoms with E-state index in [1.807, 2.05) is 18.9 Å². The first-order valence-electron chi connectivity index (χ1n) is 2.84. The van der Waals surface area contributed by atoms with Crippen molar-refractivity contribution >= 4 is 0 Å². The fourth-order valence-electron chi connectivity index (χ4n) is 0.407. The van der Waals surface area contributed by atoms with E-state index in [2.05, 4.69) is 0 Å². The minimum absolute atomic E-state index is 0.124. The smallest absolute Gasteiger partial charge is 0.0540 e. The van der Waals surface area contributed by atoms with Gasteiger partial charge in [0.15, 0.2) is 0 Å². The predicted molar refractivity (Wildman–Crippen MR) is 35.3 cm³/mol. The van der Waals surface area contributed by atoms with Crippen LogP contribution in [0, 0.1) is 0 Å². The molecule has 0 spiro atoms. The van der Waals surface area contributed by atoms with Crippen LogP contribution in [-0.2, 0) is 0 Å². The van der Waals surface area contributed by atoms with Crippen molar-refractivity contribution < 1.29 is 0 Å². The molecule has 0 radical (unpaired) electrons.